The van der Waals surface area contributed by atoms with Gasteiger partial charge in [0, 0.05) is 73.3 Å². The van der Waals surface area contributed by atoms with Crippen LogP contribution >= 0.6 is 0 Å². The van der Waals surface area contributed by atoms with E-state index in [0.29, 0.717) is 39.7 Å². The van der Waals surface area contributed by atoms with Gasteiger partial charge in [-0.2, -0.15) is 55.1 Å². The highest BCUT2D eigenvalue weighted by Crippen LogP contribution is 2.59. The van der Waals surface area contributed by atoms with Crippen molar-refractivity contribution in [1.29, 1.82) is 0 Å². The average Bonchev–Trinajstić information content (AvgIpc) is 3.50. The van der Waals surface area contributed by atoms with Crippen molar-refractivity contribution < 1.29 is 82.4 Å². The van der Waals surface area contributed by atoms with E-state index in [4.69, 9.17) is 0 Å². The van der Waals surface area contributed by atoms with Gasteiger partial charge in [0.25, 0.3) is 50.6 Å². The lowest BCUT2D eigenvalue weighted by Gasteiger charge is -2.49. The third kappa shape index (κ3) is 14.2. The van der Waals surface area contributed by atoms with Crippen LogP contribution in [0.4, 0.5) is 22.7 Å². The molecule has 69 heavy (non-hydrogen) atoms. The summed E-state index contributed by atoms with van der Waals surface area (Å²) in [7, 11) is -26.3. The standard InChI is InChI=1S/C41H60N4O18S6/c1-40(2)33-29-31(42(18-6-24-64(46,47)48)19-7-25-65(49,50)51)13-15-35(33)44(22-10-28-68(58,59)60)37(40)11-5-12-38-41(3,4)34-30-32(14-16-36(34)45(38)23-17-39(45)69(61,62)63)43(20-8-26-66(52,53)54)21-9-27-67(55,56)57/h5,11-16,29-30,39H,6-10,17-28H2,1-4H3,(H4-2,46,47,48,49,50,51,52,53,54,55,56,57,58,59,60,61,62,63)/p+2/b11-5?,38-12+. The van der Waals surface area contributed by atoms with Gasteiger partial charge in [-0.15, -0.1) is 0 Å². The van der Waals surface area contributed by atoms with Gasteiger partial charge < -0.3 is 9.80 Å². The van der Waals surface area contributed by atoms with E-state index in [-0.39, 0.29) is 82.3 Å². The molecule has 2 unspecified atom stereocenters. The van der Waals surface area contributed by atoms with E-state index in [1.165, 1.54) is 0 Å². The Balaban J connectivity index is 1.60. The van der Waals surface area contributed by atoms with Gasteiger partial charge in [0.05, 0.1) is 52.6 Å². The van der Waals surface area contributed by atoms with Crippen molar-refractivity contribution in [3.8, 4) is 0 Å². The summed E-state index contributed by atoms with van der Waals surface area (Å²) >= 11 is 0. The molecule has 1 spiro atoms. The van der Waals surface area contributed by atoms with Gasteiger partial charge in [0.15, 0.2) is 5.71 Å². The van der Waals surface area contributed by atoms with Gasteiger partial charge in [-0.3, -0.25) is 27.3 Å². The molecule has 2 aromatic rings. The third-order valence-electron chi connectivity index (χ3n) is 12.9. The molecule has 2 atom stereocenters. The topological polar surface area (TPSA) is 336 Å². The number of quaternary nitrogens is 1. The molecule has 2 aromatic carbocycles. The van der Waals surface area contributed by atoms with E-state index in [0.717, 1.165) is 5.56 Å². The van der Waals surface area contributed by atoms with Crippen molar-refractivity contribution in [2.75, 3.05) is 77.8 Å². The number of rotatable bonds is 25. The Morgan fingerprint density at radius 2 is 1.01 bits per heavy atom. The monoisotopic (exact) mass is 1090 g/mol. The molecule has 5 rings (SSSR count). The number of benzene rings is 2. The van der Waals surface area contributed by atoms with E-state index in [1.54, 1.807) is 58.4 Å². The summed E-state index contributed by atoms with van der Waals surface area (Å²) in [5.41, 5.74) is 3.07. The SMILES string of the molecule is CC1(C)C(C=C/C=C2\C(C)(C)c3cc(N(CCCS(=O)(=O)O)CCCS(=O)(=O)O)ccc3[N+]23CCC3S(=O)(=O)O)=[N+](CCCS(=O)(=O)O)c2ccc(N(CCCS(=O)(=O)O)CCCS(=O)(=O)O)cc21. The van der Waals surface area contributed by atoms with Crippen LogP contribution < -0.4 is 14.3 Å². The molecule has 0 aliphatic carbocycles. The molecule has 3 heterocycles. The van der Waals surface area contributed by atoms with Gasteiger partial charge >= 0.3 is 10.1 Å². The highest BCUT2D eigenvalue weighted by molar-refractivity contribution is 7.87. The maximum atomic E-state index is 13.1. The molecule has 388 valence electrons. The summed E-state index contributed by atoms with van der Waals surface area (Å²) in [6.45, 7) is 8.19. The lowest BCUT2D eigenvalue weighted by Crippen LogP contribution is -2.68. The van der Waals surface area contributed by atoms with E-state index < -0.39 is 106 Å². The summed E-state index contributed by atoms with van der Waals surface area (Å²) in [6, 6.07) is 10.5. The van der Waals surface area contributed by atoms with Crippen LogP contribution in [-0.4, -0.2) is 162 Å². The van der Waals surface area contributed by atoms with Crippen LogP contribution in [0.2, 0.25) is 0 Å². The Morgan fingerprint density at radius 3 is 1.42 bits per heavy atom. The molecule has 3 aliphatic heterocycles. The van der Waals surface area contributed by atoms with Gasteiger partial charge in [0.2, 0.25) is 11.1 Å². The van der Waals surface area contributed by atoms with Crippen molar-refractivity contribution in [3.05, 3.63) is 71.5 Å². The Kier molecular flexibility index (Phi) is 16.9. The van der Waals surface area contributed by atoms with E-state index >= 15 is 0 Å². The molecule has 6 N–H and O–H groups in total. The summed E-state index contributed by atoms with van der Waals surface area (Å²) in [6.07, 6.45) is 5.25. The fourth-order valence-electron chi connectivity index (χ4n) is 9.83. The molecule has 0 radical (unpaired) electrons. The lowest BCUT2D eigenvalue weighted by atomic mass is 9.80. The highest BCUT2D eigenvalue weighted by Gasteiger charge is 2.66. The van der Waals surface area contributed by atoms with Crippen molar-refractivity contribution in [2.45, 2.75) is 82.4 Å². The molecule has 3 aliphatic rings. The molecule has 0 bridgehead atoms. The quantitative estimate of drug-likeness (QED) is 0.0471. The molecule has 0 aromatic heterocycles. The summed E-state index contributed by atoms with van der Waals surface area (Å²) in [4.78, 5) is 3.42. The van der Waals surface area contributed by atoms with Gasteiger partial charge in [0.1, 0.15) is 17.9 Å². The van der Waals surface area contributed by atoms with Crippen LogP contribution in [-0.2, 0) is 71.5 Å². The predicted molar refractivity (Wildman–Crippen MR) is 262 cm³/mol. The summed E-state index contributed by atoms with van der Waals surface area (Å²) in [5, 5.41) is -1.29. The molecule has 1 saturated heterocycles. The van der Waals surface area contributed by atoms with Gasteiger partial charge in [-0.1, -0.05) is 6.08 Å². The minimum atomic E-state index is -4.66. The van der Waals surface area contributed by atoms with E-state index in [1.807, 2.05) is 38.3 Å². The lowest BCUT2D eigenvalue weighted by molar-refractivity contribution is -0.437. The van der Waals surface area contributed by atoms with Crippen molar-refractivity contribution >= 4 is 89.2 Å². The highest BCUT2D eigenvalue weighted by atomic mass is 32.2. The van der Waals surface area contributed by atoms with Crippen molar-refractivity contribution in [3.63, 3.8) is 0 Å². The summed E-state index contributed by atoms with van der Waals surface area (Å²) < 4.78 is 202. The van der Waals surface area contributed by atoms with Gasteiger partial charge in [-0.05, 0) is 83.7 Å². The fourth-order valence-corrected chi connectivity index (χ4v) is 13.5. The van der Waals surface area contributed by atoms with Crippen LogP contribution in [0.3, 0.4) is 0 Å². The Hall–Kier alpha value is -3.39. The second-order valence-electron chi connectivity index (χ2n) is 18.6. The van der Waals surface area contributed by atoms with Crippen LogP contribution in [0.25, 0.3) is 0 Å². The zero-order chi connectivity index (χ0) is 51.8. The van der Waals surface area contributed by atoms with E-state index in [2.05, 4.69) is 0 Å². The van der Waals surface area contributed by atoms with Crippen LogP contribution in [0, 0.1) is 0 Å². The maximum absolute atomic E-state index is 13.1. The van der Waals surface area contributed by atoms with E-state index in [9.17, 15) is 77.8 Å². The summed E-state index contributed by atoms with van der Waals surface area (Å²) in [5.74, 6) is -2.85. The largest absolute Gasteiger partial charge is 0.371 e. The smallest absolute Gasteiger partial charge is 0.320 e. The number of allylic oxidation sites excluding steroid dienone is 4. The second kappa shape index (κ2) is 20.6. The molecule has 0 amide bonds. The molecular formula is C41H62N4O18S6+2. The first-order valence-electron chi connectivity index (χ1n) is 21.9. The Labute approximate surface area is 405 Å². The fraction of sp³-hybridized carbons (Fsp3) is 0.585. The number of nitrogens with zero attached hydrogens (tertiary/aromatic N) is 4. The Bertz CT molecular complexity index is 3000. The van der Waals surface area contributed by atoms with Crippen LogP contribution in [0.15, 0.2) is 60.3 Å². The number of hydrogen-bond acceptors (Lipinski definition) is 14. The first-order valence-corrected chi connectivity index (χ1v) is 31.4. The molecule has 22 nitrogen and oxygen atoms in total. The molecule has 0 saturated carbocycles. The predicted octanol–water partition coefficient (Wildman–Crippen LogP) is 3.42. The first-order chi connectivity index (χ1) is 31.5. The Morgan fingerprint density at radius 1 is 0.594 bits per heavy atom. The maximum Gasteiger partial charge on any atom is 0.320 e. The molecule has 28 heteroatoms. The first kappa shape index (κ1) is 56.5. The third-order valence-corrected chi connectivity index (χ3v) is 18.2. The zero-order valence-corrected chi connectivity index (χ0v) is 43.5. The number of fused-ring (bicyclic) bond motifs is 3. The number of anilines is 2. The zero-order valence-electron chi connectivity index (χ0n) is 38.6. The minimum absolute atomic E-state index is 0.00468. The van der Waals surface area contributed by atoms with Crippen molar-refractivity contribution in [2.24, 2.45) is 0 Å². The minimum Gasteiger partial charge on any atom is -0.371 e. The normalized spacial score (nSPS) is 21.0. The van der Waals surface area contributed by atoms with Gasteiger partial charge in [-0.25, -0.2) is 4.48 Å². The molecule has 1 fully saturated rings. The van der Waals surface area contributed by atoms with Crippen LogP contribution in [0.5, 0.6) is 0 Å². The number of hydrogen-bond donors (Lipinski definition) is 6. The molecular weight excluding hydrogens is 1030 g/mol. The second-order valence-corrected chi connectivity index (χ2v) is 28.1. The van der Waals surface area contributed by atoms with Crippen molar-refractivity contribution in [1.82, 2.24) is 4.48 Å². The van der Waals surface area contributed by atoms with Crippen LogP contribution in [0.1, 0.15) is 77.3 Å². The average molecular weight is 1090 g/mol.